The van der Waals surface area contributed by atoms with Crippen LogP contribution >= 0.6 is 0 Å². The number of amides is 2. The van der Waals surface area contributed by atoms with Gasteiger partial charge < -0.3 is 15.3 Å². The van der Waals surface area contributed by atoms with Gasteiger partial charge in [-0.2, -0.15) is 0 Å². The van der Waals surface area contributed by atoms with E-state index in [2.05, 4.69) is 5.32 Å². The first-order valence-electron chi connectivity index (χ1n) is 7.03. The lowest BCUT2D eigenvalue weighted by Gasteiger charge is -2.34. The first-order chi connectivity index (χ1) is 9.97. The number of piperidine rings is 1. The number of hydrogen-bond acceptors (Lipinski definition) is 2. The largest absolute Gasteiger partial charge is 0.481 e. The number of nitrogens with zero attached hydrogens (tertiary/aromatic N) is 1. The number of carbonyl (C=O) groups excluding carboxylic acids is 1. The zero-order valence-corrected chi connectivity index (χ0v) is 11.9. The fourth-order valence-electron chi connectivity index (χ4n) is 2.60. The number of aliphatic carboxylic acids is 1. The second-order valence-electron chi connectivity index (χ2n) is 5.35. The average molecular weight is 294 g/mol. The number of urea groups is 1. The Morgan fingerprint density at radius 1 is 1.43 bits per heavy atom. The number of halogens is 1. The van der Waals surface area contributed by atoms with E-state index < -0.39 is 17.8 Å². The highest BCUT2D eigenvalue weighted by molar-refractivity contribution is 5.90. The monoisotopic (exact) mass is 294 g/mol. The molecule has 1 aromatic rings. The Balaban J connectivity index is 2.10. The molecule has 0 aromatic heterocycles. The van der Waals surface area contributed by atoms with Gasteiger partial charge in [0.05, 0.1) is 12.1 Å². The fourth-order valence-corrected chi connectivity index (χ4v) is 2.60. The molecule has 1 fully saturated rings. The highest BCUT2D eigenvalue weighted by Gasteiger charge is 2.28. The van der Waals surface area contributed by atoms with Crippen molar-refractivity contribution in [3.63, 3.8) is 0 Å². The van der Waals surface area contributed by atoms with E-state index in [9.17, 15) is 14.0 Å². The summed E-state index contributed by atoms with van der Waals surface area (Å²) in [4.78, 5) is 24.7. The SMILES string of the molecule is Cc1ccc(F)c(NC(=O)N2CCCCC2CC(=O)O)c1. The number of carboxylic acid groups (broad SMARTS) is 1. The first-order valence-corrected chi connectivity index (χ1v) is 7.03. The van der Waals surface area contributed by atoms with Crippen molar-refractivity contribution in [2.75, 3.05) is 11.9 Å². The van der Waals surface area contributed by atoms with Gasteiger partial charge in [0.15, 0.2) is 0 Å². The minimum atomic E-state index is -0.929. The number of anilines is 1. The normalized spacial score (nSPS) is 18.4. The molecule has 1 atom stereocenters. The minimum absolute atomic E-state index is 0.0796. The van der Waals surface area contributed by atoms with Crippen molar-refractivity contribution in [1.29, 1.82) is 0 Å². The molecule has 1 unspecified atom stereocenters. The van der Waals surface area contributed by atoms with E-state index in [-0.39, 0.29) is 18.2 Å². The maximum atomic E-state index is 13.7. The van der Waals surface area contributed by atoms with E-state index in [1.165, 1.54) is 11.0 Å². The molecule has 2 rings (SSSR count). The maximum Gasteiger partial charge on any atom is 0.322 e. The fraction of sp³-hybridized carbons (Fsp3) is 0.467. The van der Waals surface area contributed by atoms with E-state index in [0.717, 1.165) is 18.4 Å². The molecule has 1 saturated heterocycles. The third-order valence-electron chi connectivity index (χ3n) is 3.66. The van der Waals surface area contributed by atoms with Gasteiger partial charge in [-0.05, 0) is 43.9 Å². The van der Waals surface area contributed by atoms with Gasteiger partial charge in [0.2, 0.25) is 0 Å². The molecule has 0 aliphatic carbocycles. The second-order valence-corrected chi connectivity index (χ2v) is 5.35. The van der Waals surface area contributed by atoms with Gasteiger partial charge in [0.25, 0.3) is 0 Å². The summed E-state index contributed by atoms with van der Waals surface area (Å²) in [7, 11) is 0. The smallest absolute Gasteiger partial charge is 0.322 e. The zero-order valence-electron chi connectivity index (χ0n) is 11.9. The number of rotatable bonds is 3. The number of hydrogen-bond donors (Lipinski definition) is 2. The van der Waals surface area contributed by atoms with Crippen molar-refractivity contribution in [1.82, 2.24) is 4.90 Å². The van der Waals surface area contributed by atoms with Crippen molar-refractivity contribution in [2.24, 2.45) is 0 Å². The summed E-state index contributed by atoms with van der Waals surface area (Å²) in [5.74, 6) is -1.43. The number of carbonyl (C=O) groups is 2. The Hall–Kier alpha value is -2.11. The van der Waals surface area contributed by atoms with E-state index in [0.29, 0.717) is 13.0 Å². The van der Waals surface area contributed by atoms with Crippen molar-refractivity contribution in [2.45, 2.75) is 38.6 Å². The van der Waals surface area contributed by atoms with Crippen LogP contribution in [0, 0.1) is 12.7 Å². The highest BCUT2D eigenvalue weighted by atomic mass is 19.1. The van der Waals surface area contributed by atoms with Crippen molar-refractivity contribution >= 4 is 17.7 Å². The molecule has 1 aromatic carbocycles. The highest BCUT2D eigenvalue weighted by Crippen LogP contribution is 2.22. The van der Waals surface area contributed by atoms with Gasteiger partial charge in [-0.25, -0.2) is 9.18 Å². The standard InChI is InChI=1S/C15H19FN2O3/c1-10-5-6-12(16)13(8-10)17-15(21)18-7-3-2-4-11(18)9-14(19)20/h5-6,8,11H,2-4,7,9H2,1H3,(H,17,21)(H,19,20). The molecule has 0 saturated carbocycles. The van der Waals surface area contributed by atoms with Crippen molar-refractivity contribution < 1.29 is 19.1 Å². The molecule has 1 aliphatic heterocycles. The van der Waals surface area contributed by atoms with Crippen LogP contribution in [0.25, 0.3) is 0 Å². The summed E-state index contributed by atoms with van der Waals surface area (Å²) in [6, 6.07) is 3.72. The number of aryl methyl sites for hydroxylation is 1. The second kappa shape index (κ2) is 6.56. The van der Waals surface area contributed by atoms with Crippen molar-refractivity contribution in [3.8, 4) is 0 Å². The van der Waals surface area contributed by atoms with Crippen LogP contribution in [0.5, 0.6) is 0 Å². The van der Waals surface area contributed by atoms with Crippen LogP contribution in [0.2, 0.25) is 0 Å². The third kappa shape index (κ3) is 3.93. The van der Waals surface area contributed by atoms with E-state index in [1.54, 1.807) is 12.1 Å². The van der Waals surface area contributed by atoms with Gasteiger partial charge in [0.1, 0.15) is 5.82 Å². The molecule has 2 N–H and O–H groups in total. The molecular weight excluding hydrogens is 275 g/mol. The Bertz CT molecular complexity index is 548. The Morgan fingerprint density at radius 2 is 2.19 bits per heavy atom. The average Bonchev–Trinajstić information content (AvgIpc) is 2.42. The summed E-state index contributed by atoms with van der Waals surface area (Å²) >= 11 is 0. The summed E-state index contributed by atoms with van der Waals surface area (Å²) in [5, 5.41) is 11.5. The zero-order chi connectivity index (χ0) is 15.4. The van der Waals surface area contributed by atoms with Gasteiger partial charge in [0, 0.05) is 12.6 Å². The molecule has 5 nitrogen and oxygen atoms in total. The van der Waals surface area contributed by atoms with Crippen LogP contribution in [0.4, 0.5) is 14.9 Å². The summed E-state index contributed by atoms with van der Waals surface area (Å²) < 4.78 is 13.7. The van der Waals surface area contributed by atoms with Gasteiger partial charge in [-0.15, -0.1) is 0 Å². The minimum Gasteiger partial charge on any atom is -0.481 e. The van der Waals surface area contributed by atoms with Crippen LogP contribution in [0.15, 0.2) is 18.2 Å². The van der Waals surface area contributed by atoms with E-state index in [4.69, 9.17) is 5.11 Å². The molecule has 21 heavy (non-hydrogen) atoms. The predicted octanol–water partition coefficient (Wildman–Crippen LogP) is 3.00. The molecular formula is C15H19FN2O3. The molecule has 0 radical (unpaired) electrons. The predicted molar refractivity (Wildman–Crippen MR) is 76.8 cm³/mol. The molecule has 1 heterocycles. The summed E-state index contributed by atoms with van der Waals surface area (Å²) in [6.45, 7) is 2.31. The van der Waals surface area contributed by atoms with E-state index in [1.807, 2.05) is 6.92 Å². The van der Waals surface area contributed by atoms with Crippen LogP contribution < -0.4 is 5.32 Å². The van der Waals surface area contributed by atoms with Crippen LogP contribution in [-0.4, -0.2) is 34.6 Å². The van der Waals surface area contributed by atoms with Crippen LogP contribution in [0.3, 0.4) is 0 Å². The van der Waals surface area contributed by atoms with Crippen LogP contribution in [-0.2, 0) is 4.79 Å². The van der Waals surface area contributed by atoms with Gasteiger partial charge in [-0.3, -0.25) is 4.79 Å². The van der Waals surface area contributed by atoms with Crippen molar-refractivity contribution in [3.05, 3.63) is 29.6 Å². The molecule has 6 heteroatoms. The summed E-state index contributed by atoms with van der Waals surface area (Å²) in [6.07, 6.45) is 2.32. The lowest BCUT2D eigenvalue weighted by atomic mass is 10.00. The Morgan fingerprint density at radius 3 is 2.90 bits per heavy atom. The Labute approximate surface area is 122 Å². The molecule has 114 valence electrons. The maximum absolute atomic E-state index is 13.7. The van der Waals surface area contributed by atoms with Gasteiger partial charge in [-0.1, -0.05) is 6.07 Å². The lowest BCUT2D eigenvalue weighted by Crippen LogP contribution is -2.46. The van der Waals surface area contributed by atoms with Gasteiger partial charge >= 0.3 is 12.0 Å². The number of likely N-dealkylation sites (tertiary alicyclic amines) is 1. The molecule has 0 spiro atoms. The van der Waals surface area contributed by atoms with E-state index >= 15 is 0 Å². The number of benzene rings is 1. The molecule has 2 amide bonds. The molecule has 1 aliphatic rings. The number of carboxylic acids is 1. The first kappa shape index (κ1) is 15.3. The molecule has 0 bridgehead atoms. The lowest BCUT2D eigenvalue weighted by molar-refractivity contribution is -0.138. The third-order valence-corrected chi connectivity index (χ3v) is 3.66. The topological polar surface area (TPSA) is 69.6 Å². The Kier molecular flexibility index (Phi) is 4.77. The quantitative estimate of drug-likeness (QED) is 0.900. The number of nitrogens with one attached hydrogen (secondary N) is 1. The summed E-state index contributed by atoms with van der Waals surface area (Å²) in [5.41, 5.74) is 0.965. The van der Waals surface area contributed by atoms with Crippen LogP contribution in [0.1, 0.15) is 31.2 Å².